The van der Waals surface area contributed by atoms with Crippen LogP contribution in [0.25, 0.3) is 0 Å². The van der Waals surface area contributed by atoms with Crippen molar-refractivity contribution in [1.82, 2.24) is 5.32 Å². The molecule has 3 aliphatic rings. The number of rotatable bonds is 8. The molecule has 0 saturated heterocycles. The van der Waals surface area contributed by atoms with Gasteiger partial charge in [0.15, 0.2) is 11.5 Å². The van der Waals surface area contributed by atoms with Gasteiger partial charge in [-0.25, -0.2) is 0 Å². The molecule has 2 aromatic carbocycles. The van der Waals surface area contributed by atoms with Crippen LogP contribution in [0.4, 0.5) is 0 Å². The van der Waals surface area contributed by atoms with Gasteiger partial charge in [0.1, 0.15) is 18.8 Å². The van der Waals surface area contributed by atoms with Crippen molar-refractivity contribution in [3.05, 3.63) is 68.8 Å². The highest BCUT2D eigenvalue weighted by molar-refractivity contribution is 14.1. The average Bonchev–Trinajstić information content (AvgIpc) is 3.21. The summed E-state index contributed by atoms with van der Waals surface area (Å²) in [5.41, 5.74) is 3.19. The van der Waals surface area contributed by atoms with E-state index < -0.39 is 0 Å². The molecule has 1 spiro atoms. The van der Waals surface area contributed by atoms with Crippen LogP contribution in [0.15, 0.2) is 48.6 Å². The van der Waals surface area contributed by atoms with Crippen molar-refractivity contribution in [1.29, 1.82) is 0 Å². The second-order valence-electron chi connectivity index (χ2n) is 9.79. The van der Waals surface area contributed by atoms with E-state index in [0.717, 1.165) is 46.6 Å². The third-order valence-corrected chi connectivity index (χ3v) is 8.15. The van der Waals surface area contributed by atoms with Crippen LogP contribution in [0.2, 0.25) is 0 Å². The molecule has 2 heterocycles. The summed E-state index contributed by atoms with van der Waals surface area (Å²) < 4.78 is 24.3. The van der Waals surface area contributed by atoms with Crippen molar-refractivity contribution in [3.63, 3.8) is 0 Å². The maximum absolute atomic E-state index is 12.6. The molecule has 0 saturated carbocycles. The second kappa shape index (κ2) is 11.4. The molecule has 3 atom stereocenters. The van der Waals surface area contributed by atoms with Crippen molar-refractivity contribution in [2.45, 2.75) is 62.8 Å². The van der Waals surface area contributed by atoms with Gasteiger partial charge in [0.25, 0.3) is 0 Å². The maximum atomic E-state index is 12.6. The monoisotopic (exact) mass is 617 g/mol. The van der Waals surface area contributed by atoms with Gasteiger partial charge in [0.2, 0.25) is 0 Å². The van der Waals surface area contributed by atoms with Gasteiger partial charge in [0.05, 0.1) is 12.5 Å². The fourth-order valence-corrected chi connectivity index (χ4v) is 5.91. The molecule has 196 valence electrons. The number of hydrogen-bond acceptors (Lipinski definition) is 7. The summed E-state index contributed by atoms with van der Waals surface area (Å²) >= 11 is 2.23. The lowest BCUT2D eigenvalue weighted by Gasteiger charge is -2.38. The van der Waals surface area contributed by atoms with E-state index >= 15 is 0 Å². The fourth-order valence-electron chi connectivity index (χ4n) is 5.55. The van der Waals surface area contributed by atoms with Crippen LogP contribution < -0.4 is 14.8 Å². The lowest BCUT2D eigenvalue weighted by Crippen LogP contribution is -2.45. The molecule has 5 rings (SSSR count). The van der Waals surface area contributed by atoms with E-state index in [9.17, 15) is 9.59 Å². The number of carbonyl (C=O) groups excluding carboxylic acids is 2. The summed E-state index contributed by atoms with van der Waals surface area (Å²) in [7, 11) is 1.67. The number of carbonyl (C=O) groups is 2. The highest BCUT2D eigenvalue weighted by Crippen LogP contribution is 2.55. The maximum Gasteiger partial charge on any atom is 0.306 e. The predicted octanol–water partition coefficient (Wildman–Crippen LogP) is 4.62. The molecule has 0 aromatic heterocycles. The zero-order chi connectivity index (χ0) is 25.8. The lowest BCUT2D eigenvalue weighted by molar-refractivity contribution is -0.149. The highest BCUT2D eigenvalue weighted by Gasteiger charge is 2.52. The van der Waals surface area contributed by atoms with Crippen LogP contribution in [0, 0.1) is 3.57 Å². The molecule has 8 heteroatoms. The van der Waals surface area contributed by atoms with Gasteiger partial charge in [-0.05, 0) is 90.3 Å². The molecule has 0 radical (unpaired) electrons. The Hall–Kier alpha value is -2.59. The van der Waals surface area contributed by atoms with Crippen molar-refractivity contribution in [2.24, 2.45) is 0 Å². The minimum Gasteiger partial charge on any atom is -0.493 e. The van der Waals surface area contributed by atoms with E-state index in [1.807, 2.05) is 36.4 Å². The van der Waals surface area contributed by atoms with Crippen LogP contribution in [0.3, 0.4) is 0 Å². The van der Waals surface area contributed by atoms with Crippen molar-refractivity contribution in [2.75, 3.05) is 20.2 Å². The largest absolute Gasteiger partial charge is 0.493 e. The Balaban J connectivity index is 1.15. The van der Waals surface area contributed by atoms with E-state index in [1.165, 1.54) is 11.1 Å². The van der Waals surface area contributed by atoms with Gasteiger partial charge < -0.3 is 24.3 Å². The van der Waals surface area contributed by atoms with Gasteiger partial charge in [0, 0.05) is 28.4 Å². The summed E-state index contributed by atoms with van der Waals surface area (Å²) in [4.78, 5) is 24.6. The van der Waals surface area contributed by atoms with E-state index in [0.29, 0.717) is 12.8 Å². The van der Waals surface area contributed by atoms with Crippen molar-refractivity contribution in [3.8, 4) is 11.5 Å². The van der Waals surface area contributed by atoms with Gasteiger partial charge >= 0.3 is 11.9 Å². The molecule has 0 amide bonds. The first-order valence-electron chi connectivity index (χ1n) is 12.8. The van der Waals surface area contributed by atoms with Crippen molar-refractivity contribution >= 4 is 34.5 Å². The highest BCUT2D eigenvalue weighted by atomic mass is 127. The summed E-state index contributed by atoms with van der Waals surface area (Å²) in [6, 6.07) is 11.9. The second-order valence-corrected chi connectivity index (χ2v) is 11.0. The summed E-state index contributed by atoms with van der Waals surface area (Å²) in [5, 5.41) is 3.52. The number of esters is 2. The fraction of sp³-hybridized carbons (Fsp3) is 0.448. The minimum absolute atomic E-state index is 0.128. The number of benzene rings is 2. The molecule has 2 aliphatic heterocycles. The third-order valence-electron chi connectivity index (χ3n) is 7.43. The molecular formula is C29H32INO6. The number of hydrogen-bond donors (Lipinski definition) is 1. The quantitative estimate of drug-likeness (QED) is 0.263. The minimum atomic E-state index is -0.363. The number of methoxy groups -OCH3 is 1. The predicted molar refractivity (Wildman–Crippen MR) is 147 cm³/mol. The van der Waals surface area contributed by atoms with Gasteiger partial charge in [-0.3, -0.25) is 9.59 Å². The Labute approximate surface area is 231 Å². The molecule has 7 nitrogen and oxygen atoms in total. The van der Waals surface area contributed by atoms with Gasteiger partial charge in [-0.15, -0.1) is 0 Å². The number of ether oxygens (including phenoxy) is 4. The van der Waals surface area contributed by atoms with Gasteiger partial charge in [-0.1, -0.05) is 24.3 Å². The molecule has 1 N–H and O–H groups in total. The molecule has 0 unspecified atom stereocenters. The Kier molecular flexibility index (Phi) is 8.04. The van der Waals surface area contributed by atoms with E-state index in [1.54, 1.807) is 7.11 Å². The number of halogens is 1. The first-order valence-corrected chi connectivity index (χ1v) is 13.9. The zero-order valence-electron chi connectivity index (χ0n) is 21.0. The molecule has 1 aliphatic carbocycles. The Bertz CT molecular complexity index is 1180. The SMILES string of the molecule is COc1ccc2c3c1O[C@@H]1C[C@H](OC(=O)CCCC(=O)OCc4ccc(I)cc4)C=C[C@@]31CCNCC2. The van der Waals surface area contributed by atoms with E-state index in [4.69, 9.17) is 18.9 Å². The first kappa shape index (κ1) is 26.0. The third kappa shape index (κ3) is 5.65. The average molecular weight is 617 g/mol. The smallest absolute Gasteiger partial charge is 0.306 e. The number of nitrogens with one attached hydrogen (secondary N) is 1. The molecule has 37 heavy (non-hydrogen) atoms. The molecule has 2 aromatic rings. The molecular weight excluding hydrogens is 585 g/mol. The zero-order valence-corrected chi connectivity index (χ0v) is 23.1. The van der Waals surface area contributed by atoms with Gasteiger partial charge in [-0.2, -0.15) is 0 Å². The van der Waals surface area contributed by atoms with E-state index in [2.05, 4.69) is 40.1 Å². The molecule has 0 bridgehead atoms. The summed E-state index contributed by atoms with van der Waals surface area (Å²) in [5.74, 6) is 0.943. The Morgan fingerprint density at radius 1 is 1.11 bits per heavy atom. The van der Waals surface area contributed by atoms with Crippen LogP contribution in [0.5, 0.6) is 11.5 Å². The van der Waals surface area contributed by atoms with Crippen LogP contribution in [-0.4, -0.2) is 44.3 Å². The Morgan fingerprint density at radius 2 is 1.92 bits per heavy atom. The summed E-state index contributed by atoms with van der Waals surface area (Å²) in [6.45, 7) is 2.06. The topological polar surface area (TPSA) is 83.1 Å². The summed E-state index contributed by atoms with van der Waals surface area (Å²) in [6.07, 6.45) is 6.86. The Morgan fingerprint density at radius 3 is 2.73 bits per heavy atom. The van der Waals surface area contributed by atoms with Crippen LogP contribution >= 0.6 is 22.6 Å². The lowest BCUT2D eigenvalue weighted by atomic mass is 9.68. The van der Waals surface area contributed by atoms with E-state index in [-0.39, 0.29) is 49.0 Å². The normalized spacial score (nSPS) is 23.6. The van der Waals surface area contributed by atoms with Crippen LogP contribution in [0.1, 0.15) is 48.8 Å². The van der Waals surface area contributed by atoms with Crippen molar-refractivity contribution < 1.29 is 28.5 Å². The first-order chi connectivity index (χ1) is 18.0. The van der Waals surface area contributed by atoms with Crippen LogP contribution in [-0.2, 0) is 37.5 Å². The standard InChI is InChI=1S/C29H32INO6/c1-34-23-10-7-20-12-15-31-16-14-29-13-11-22(17-24(29)37-28(23)27(20)29)36-26(33)4-2-3-25(32)35-18-19-5-8-21(30)9-6-19/h5-11,13,22,24,31H,2-4,12,14-18H2,1H3/t22-,24-,29+/m1/s1. The molecule has 0 fully saturated rings.